The lowest BCUT2D eigenvalue weighted by molar-refractivity contribution is -0.120. The van der Waals surface area contributed by atoms with Crippen molar-refractivity contribution >= 4 is 23.2 Å². The molecular weight excluding hydrogens is 332 g/mol. The Kier molecular flexibility index (Phi) is 7.64. The van der Waals surface area contributed by atoms with E-state index in [0.29, 0.717) is 29.3 Å². The molecule has 0 aliphatic heterocycles. The number of anilines is 2. The molecule has 2 N–H and O–H groups in total. The Morgan fingerprint density at radius 1 is 1.00 bits per heavy atom. The first-order valence-electron chi connectivity index (χ1n) is 8.56. The number of benzene rings is 2. The molecule has 0 aromatic heterocycles. The average molecular weight is 356 g/mol. The summed E-state index contributed by atoms with van der Waals surface area (Å²) in [4.78, 5) is 24.3. The third-order valence-electron chi connectivity index (χ3n) is 3.63. The van der Waals surface area contributed by atoms with Crippen molar-refractivity contribution in [1.29, 1.82) is 0 Å². The zero-order valence-electron chi connectivity index (χ0n) is 15.1. The molecule has 0 unspecified atom stereocenters. The standard InChI is InChI=1S/C20H24N2O4/c1-3-4-12-26-14-19(23)21-15-8-7-9-16(13-15)22-20(24)17-10-5-6-11-18(17)25-2/h5-11,13H,3-4,12,14H2,1-2H3,(H,21,23)(H,22,24). The van der Waals surface area contributed by atoms with E-state index in [4.69, 9.17) is 9.47 Å². The molecular formula is C20H24N2O4. The fraction of sp³-hybridized carbons (Fsp3) is 0.300. The molecule has 0 atom stereocenters. The fourth-order valence-corrected chi connectivity index (χ4v) is 2.31. The Bertz CT molecular complexity index is 746. The molecule has 0 radical (unpaired) electrons. The maximum atomic E-state index is 12.4. The molecule has 0 spiro atoms. The summed E-state index contributed by atoms with van der Waals surface area (Å²) in [5.41, 5.74) is 1.60. The summed E-state index contributed by atoms with van der Waals surface area (Å²) in [7, 11) is 1.52. The van der Waals surface area contributed by atoms with Crippen molar-refractivity contribution in [1.82, 2.24) is 0 Å². The maximum absolute atomic E-state index is 12.4. The van der Waals surface area contributed by atoms with Gasteiger partial charge in [-0.2, -0.15) is 0 Å². The highest BCUT2D eigenvalue weighted by Crippen LogP contribution is 2.20. The van der Waals surface area contributed by atoms with Gasteiger partial charge in [0.05, 0.1) is 12.7 Å². The van der Waals surface area contributed by atoms with Gasteiger partial charge in [0.15, 0.2) is 0 Å². The van der Waals surface area contributed by atoms with E-state index >= 15 is 0 Å². The lowest BCUT2D eigenvalue weighted by atomic mass is 10.2. The molecule has 2 aromatic carbocycles. The molecule has 0 fully saturated rings. The second kappa shape index (κ2) is 10.2. The number of unbranched alkanes of at least 4 members (excludes halogenated alkanes) is 1. The van der Waals surface area contributed by atoms with E-state index < -0.39 is 0 Å². The third-order valence-corrected chi connectivity index (χ3v) is 3.63. The second-order valence-corrected chi connectivity index (χ2v) is 5.69. The number of rotatable bonds is 9. The number of amides is 2. The van der Waals surface area contributed by atoms with Crippen molar-refractivity contribution in [2.24, 2.45) is 0 Å². The first kappa shape index (κ1) is 19.5. The number of para-hydroxylation sites is 1. The van der Waals surface area contributed by atoms with Crippen LogP contribution in [0.1, 0.15) is 30.1 Å². The van der Waals surface area contributed by atoms with Gasteiger partial charge in [-0.3, -0.25) is 9.59 Å². The molecule has 6 heteroatoms. The number of ether oxygens (including phenoxy) is 2. The van der Waals surface area contributed by atoms with Crippen molar-refractivity contribution in [3.63, 3.8) is 0 Å². The summed E-state index contributed by atoms with van der Waals surface area (Å²) < 4.78 is 10.5. The molecule has 0 saturated carbocycles. The molecule has 0 heterocycles. The first-order valence-corrected chi connectivity index (χ1v) is 8.56. The molecule has 6 nitrogen and oxygen atoms in total. The van der Waals surface area contributed by atoms with E-state index in [-0.39, 0.29) is 18.4 Å². The molecule has 138 valence electrons. The molecule has 2 rings (SSSR count). The zero-order valence-corrected chi connectivity index (χ0v) is 15.1. The molecule has 0 saturated heterocycles. The van der Waals surface area contributed by atoms with E-state index in [1.807, 2.05) is 0 Å². The van der Waals surface area contributed by atoms with Crippen molar-refractivity contribution in [3.05, 3.63) is 54.1 Å². The number of nitrogens with one attached hydrogen (secondary N) is 2. The monoisotopic (exact) mass is 356 g/mol. The number of methoxy groups -OCH3 is 1. The van der Waals surface area contributed by atoms with E-state index in [1.54, 1.807) is 48.5 Å². The van der Waals surface area contributed by atoms with Crippen molar-refractivity contribution in [2.45, 2.75) is 19.8 Å². The first-order chi connectivity index (χ1) is 12.6. The van der Waals surface area contributed by atoms with Gasteiger partial charge in [0.25, 0.3) is 5.91 Å². The molecule has 0 aliphatic rings. The van der Waals surface area contributed by atoms with Crippen LogP contribution >= 0.6 is 0 Å². The summed E-state index contributed by atoms with van der Waals surface area (Å²) in [5.74, 6) is -0.0122. The minimum Gasteiger partial charge on any atom is -0.496 e. The molecule has 2 aromatic rings. The minimum absolute atomic E-state index is 0.0117. The highest BCUT2D eigenvalue weighted by molar-refractivity contribution is 6.06. The molecule has 0 aliphatic carbocycles. The highest BCUT2D eigenvalue weighted by atomic mass is 16.5. The highest BCUT2D eigenvalue weighted by Gasteiger charge is 2.12. The smallest absolute Gasteiger partial charge is 0.259 e. The zero-order chi connectivity index (χ0) is 18.8. The molecule has 2 amide bonds. The Labute approximate surface area is 153 Å². The van der Waals surface area contributed by atoms with Crippen LogP contribution in [0.5, 0.6) is 5.75 Å². The van der Waals surface area contributed by atoms with Crippen LogP contribution in [0.3, 0.4) is 0 Å². The van der Waals surface area contributed by atoms with Gasteiger partial charge in [-0.1, -0.05) is 31.5 Å². The summed E-state index contributed by atoms with van der Waals surface area (Å²) >= 11 is 0. The largest absolute Gasteiger partial charge is 0.496 e. The number of hydrogen-bond donors (Lipinski definition) is 2. The Hall–Kier alpha value is -2.86. The maximum Gasteiger partial charge on any atom is 0.259 e. The number of carbonyl (C=O) groups excluding carboxylic acids is 2. The van der Waals surface area contributed by atoms with Crippen LogP contribution in [0.2, 0.25) is 0 Å². The van der Waals surface area contributed by atoms with Gasteiger partial charge in [-0.25, -0.2) is 0 Å². The van der Waals surface area contributed by atoms with Crippen LogP contribution < -0.4 is 15.4 Å². The summed E-state index contributed by atoms with van der Waals surface area (Å²) in [6.07, 6.45) is 1.95. The predicted molar refractivity (Wildman–Crippen MR) is 102 cm³/mol. The van der Waals surface area contributed by atoms with Gasteiger partial charge in [-0.05, 0) is 36.8 Å². The Morgan fingerprint density at radius 3 is 2.46 bits per heavy atom. The van der Waals surface area contributed by atoms with Gasteiger partial charge in [-0.15, -0.1) is 0 Å². The second-order valence-electron chi connectivity index (χ2n) is 5.69. The van der Waals surface area contributed by atoms with Crippen molar-refractivity contribution in [2.75, 3.05) is 31.0 Å². The lowest BCUT2D eigenvalue weighted by Gasteiger charge is -2.11. The third kappa shape index (κ3) is 5.89. The van der Waals surface area contributed by atoms with Crippen LogP contribution in [0.25, 0.3) is 0 Å². The van der Waals surface area contributed by atoms with Gasteiger partial charge < -0.3 is 20.1 Å². The fourth-order valence-electron chi connectivity index (χ4n) is 2.31. The van der Waals surface area contributed by atoms with Gasteiger partial charge in [0, 0.05) is 18.0 Å². The number of carbonyl (C=O) groups is 2. The predicted octanol–water partition coefficient (Wildman–Crippen LogP) is 3.70. The van der Waals surface area contributed by atoms with Crippen LogP contribution in [-0.4, -0.2) is 32.1 Å². The lowest BCUT2D eigenvalue weighted by Crippen LogP contribution is -2.19. The SMILES string of the molecule is CCCCOCC(=O)Nc1cccc(NC(=O)c2ccccc2OC)c1. The van der Waals surface area contributed by atoms with Crippen LogP contribution in [-0.2, 0) is 9.53 Å². The Balaban J connectivity index is 1.96. The van der Waals surface area contributed by atoms with Crippen molar-refractivity contribution in [3.8, 4) is 5.75 Å². The van der Waals surface area contributed by atoms with Crippen molar-refractivity contribution < 1.29 is 19.1 Å². The van der Waals surface area contributed by atoms with E-state index in [9.17, 15) is 9.59 Å². The Morgan fingerprint density at radius 2 is 1.73 bits per heavy atom. The molecule has 0 bridgehead atoms. The van der Waals surface area contributed by atoms with E-state index in [1.165, 1.54) is 7.11 Å². The summed E-state index contributed by atoms with van der Waals surface area (Å²) in [5, 5.41) is 5.56. The van der Waals surface area contributed by atoms with Gasteiger partial charge >= 0.3 is 0 Å². The van der Waals surface area contributed by atoms with Crippen LogP contribution in [0.4, 0.5) is 11.4 Å². The van der Waals surface area contributed by atoms with Gasteiger partial charge in [0.1, 0.15) is 12.4 Å². The quantitative estimate of drug-likeness (QED) is 0.672. The van der Waals surface area contributed by atoms with Crippen LogP contribution in [0.15, 0.2) is 48.5 Å². The van der Waals surface area contributed by atoms with E-state index in [0.717, 1.165) is 12.8 Å². The normalized spacial score (nSPS) is 10.2. The van der Waals surface area contributed by atoms with Crippen LogP contribution in [0, 0.1) is 0 Å². The van der Waals surface area contributed by atoms with E-state index in [2.05, 4.69) is 17.6 Å². The molecule has 26 heavy (non-hydrogen) atoms. The van der Waals surface area contributed by atoms with Gasteiger partial charge in [0.2, 0.25) is 5.91 Å². The number of hydrogen-bond acceptors (Lipinski definition) is 4. The topological polar surface area (TPSA) is 76.7 Å². The minimum atomic E-state index is -0.283. The summed E-state index contributed by atoms with van der Waals surface area (Å²) in [6.45, 7) is 2.64. The summed E-state index contributed by atoms with van der Waals surface area (Å²) in [6, 6.07) is 13.9. The average Bonchev–Trinajstić information content (AvgIpc) is 2.65.